The van der Waals surface area contributed by atoms with Crippen LogP contribution < -0.4 is 10.6 Å². The van der Waals surface area contributed by atoms with Gasteiger partial charge in [-0.1, -0.05) is 72.8 Å². The van der Waals surface area contributed by atoms with Crippen molar-refractivity contribution < 1.29 is 13.2 Å². The zero-order valence-electron chi connectivity index (χ0n) is 19.5. The van der Waals surface area contributed by atoms with Gasteiger partial charge < -0.3 is 5.32 Å². The summed E-state index contributed by atoms with van der Waals surface area (Å²) in [5.41, 5.74) is 2.83. The fourth-order valence-electron chi connectivity index (χ4n) is 4.29. The van der Waals surface area contributed by atoms with Gasteiger partial charge in [-0.3, -0.25) is 10.3 Å². The van der Waals surface area contributed by atoms with E-state index in [0.717, 1.165) is 11.6 Å². The van der Waals surface area contributed by atoms with Crippen LogP contribution in [0.2, 0.25) is 0 Å². The Balaban J connectivity index is 1.73. The van der Waals surface area contributed by atoms with Crippen LogP contribution in [0.1, 0.15) is 33.5 Å². The largest absolute Gasteiger partial charge is 0.416 e. The van der Waals surface area contributed by atoms with Crippen LogP contribution in [0, 0.1) is 6.92 Å². The Morgan fingerprint density at radius 3 is 2.20 bits per heavy atom. The molecule has 6 heteroatoms. The highest BCUT2D eigenvalue weighted by atomic mass is 19.4. The number of nitrogens with zero attached hydrogens (tertiary/aromatic N) is 1. The van der Waals surface area contributed by atoms with E-state index in [1.165, 1.54) is 23.3 Å². The Morgan fingerprint density at radius 1 is 0.771 bits per heavy atom. The van der Waals surface area contributed by atoms with Gasteiger partial charge in [0.05, 0.1) is 16.8 Å². The van der Waals surface area contributed by atoms with Gasteiger partial charge >= 0.3 is 6.18 Å². The van der Waals surface area contributed by atoms with E-state index in [2.05, 4.69) is 34.7 Å². The third kappa shape index (κ3) is 5.96. The second kappa shape index (κ2) is 10.8. The number of hydrogen-bond acceptors (Lipinski definition) is 3. The second-order valence-corrected chi connectivity index (χ2v) is 8.57. The van der Waals surface area contributed by atoms with Crippen LogP contribution in [0.25, 0.3) is 0 Å². The Labute approximate surface area is 204 Å². The van der Waals surface area contributed by atoms with Crippen LogP contribution in [0.5, 0.6) is 0 Å². The predicted molar refractivity (Wildman–Crippen MR) is 133 cm³/mol. The molecule has 0 fully saturated rings. The molecule has 3 nitrogen and oxygen atoms in total. The van der Waals surface area contributed by atoms with Gasteiger partial charge in [-0.05, 0) is 53.4 Å². The smallest absolute Gasteiger partial charge is 0.300 e. The first-order valence-electron chi connectivity index (χ1n) is 11.5. The van der Waals surface area contributed by atoms with Crippen molar-refractivity contribution in [1.29, 1.82) is 0 Å². The molecule has 0 saturated heterocycles. The van der Waals surface area contributed by atoms with Crippen molar-refractivity contribution in [2.75, 3.05) is 6.67 Å². The molecule has 0 aliphatic rings. The fourth-order valence-corrected chi connectivity index (χ4v) is 4.29. The first-order valence-corrected chi connectivity index (χ1v) is 11.5. The number of nitrogens with one attached hydrogen (secondary N) is 2. The van der Waals surface area contributed by atoms with Gasteiger partial charge in [-0.15, -0.1) is 0 Å². The van der Waals surface area contributed by atoms with E-state index in [1.807, 2.05) is 54.6 Å². The molecule has 0 spiro atoms. The topological polar surface area (TPSA) is 37.0 Å². The maximum Gasteiger partial charge on any atom is 0.416 e. The summed E-state index contributed by atoms with van der Waals surface area (Å²) in [6.07, 6.45) is -2.34. The highest BCUT2D eigenvalue weighted by molar-refractivity contribution is 5.40. The molecule has 2 N–H and O–H groups in total. The SMILES string of the molecule is Cc1ccccc1CNCNC(Cc1ccccc1)(c1cccc(C(F)(F)F)c1)c1ccccn1. The molecular formula is C29H28F3N3. The van der Waals surface area contributed by atoms with E-state index in [-0.39, 0.29) is 0 Å². The summed E-state index contributed by atoms with van der Waals surface area (Å²) >= 11 is 0. The highest BCUT2D eigenvalue weighted by Gasteiger charge is 2.38. The molecule has 180 valence electrons. The molecule has 1 heterocycles. The summed E-state index contributed by atoms with van der Waals surface area (Å²) in [6, 6.07) is 28.9. The fraction of sp³-hybridized carbons (Fsp3) is 0.207. The lowest BCUT2D eigenvalue weighted by Crippen LogP contribution is -2.49. The van der Waals surface area contributed by atoms with Crippen LogP contribution in [-0.4, -0.2) is 11.7 Å². The first kappa shape index (κ1) is 24.6. The summed E-state index contributed by atoms with van der Waals surface area (Å²) < 4.78 is 41.0. The molecular weight excluding hydrogens is 447 g/mol. The number of hydrogen-bond donors (Lipinski definition) is 2. The lowest BCUT2D eigenvalue weighted by Gasteiger charge is -2.36. The molecule has 0 aliphatic carbocycles. The van der Waals surface area contributed by atoms with Gasteiger partial charge in [0.1, 0.15) is 0 Å². The number of benzene rings is 3. The summed E-state index contributed by atoms with van der Waals surface area (Å²) in [5.74, 6) is 0. The second-order valence-electron chi connectivity index (χ2n) is 8.57. The van der Waals surface area contributed by atoms with Crippen molar-refractivity contribution in [2.45, 2.75) is 31.6 Å². The van der Waals surface area contributed by atoms with Gasteiger partial charge in [-0.25, -0.2) is 0 Å². The van der Waals surface area contributed by atoms with Crippen molar-refractivity contribution in [1.82, 2.24) is 15.6 Å². The van der Waals surface area contributed by atoms with Crippen molar-refractivity contribution in [3.05, 3.63) is 137 Å². The third-order valence-electron chi connectivity index (χ3n) is 6.19. The van der Waals surface area contributed by atoms with Crippen molar-refractivity contribution in [2.24, 2.45) is 0 Å². The van der Waals surface area contributed by atoms with E-state index < -0.39 is 17.3 Å². The molecule has 1 unspecified atom stereocenters. The molecule has 3 aromatic carbocycles. The van der Waals surface area contributed by atoms with E-state index in [9.17, 15) is 13.2 Å². The number of pyridine rings is 1. The maximum atomic E-state index is 13.7. The van der Waals surface area contributed by atoms with Crippen molar-refractivity contribution >= 4 is 0 Å². The minimum absolute atomic E-state index is 0.369. The monoisotopic (exact) mass is 475 g/mol. The molecule has 1 atom stereocenters. The van der Waals surface area contributed by atoms with Crippen LogP contribution >= 0.6 is 0 Å². The minimum atomic E-state index is -4.44. The molecule has 0 amide bonds. The lowest BCUT2D eigenvalue weighted by atomic mass is 9.80. The van der Waals surface area contributed by atoms with E-state index in [4.69, 9.17) is 0 Å². The van der Waals surface area contributed by atoms with E-state index in [1.54, 1.807) is 18.3 Å². The highest BCUT2D eigenvalue weighted by Crippen LogP contribution is 2.36. The minimum Gasteiger partial charge on any atom is -0.300 e. The van der Waals surface area contributed by atoms with Crippen LogP contribution in [0.3, 0.4) is 0 Å². The lowest BCUT2D eigenvalue weighted by molar-refractivity contribution is -0.137. The zero-order valence-corrected chi connectivity index (χ0v) is 19.5. The number of aryl methyl sites for hydroxylation is 1. The molecule has 4 rings (SSSR count). The van der Waals surface area contributed by atoms with Crippen molar-refractivity contribution in [3.63, 3.8) is 0 Å². The summed E-state index contributed by atoms with van der Waals surface area (Å²) in [5, 5.41) is 6.95. The van der Waals surface area contributed by atoms with Crippen LogP contribution in [0.4, 0.5) is 13.2 Å². The average Bonchev–Trinajstić information content (AvgIpc) is 2.87. The molecule has 35 heavy (non-hydrogen) atoms. The van der Waals surface area contributed by atoms with Gasteiger partial charge in [0.15, 0.2) is 0 Å². The van der Waals surface area contributed by atoms with Gasteiger partial charge in [0.25, 0.3) is 0 Å². The first-order chi connectivity index (χ1) is 16.9. The number of alkyl halides is 3. The Hall–Kier alpha value is -3.48. The Morgan fingerprint density at radius 2 is 1.49 bits per heavy atom. The summed E-state index contributed by atoms with van der Waals surface area (Å²) in [4.78, 5) is 4.60. The van der Waals surface area contributed by atoms with Gasteiger partial charge in [0, 0.05) is 25.8 Å². The molecule has 0 bridgehead atoms. The van der Waals surface area contributed by atoms with Gasteiger partial charge in [-0.2, -0.15) is 13.2 Å². The number of halogens is 3. The average molecular weight is 476 g/mol. The molecule has 0 radical (unpaired) electrons. The Kier molecular flexibility index (Phi) is 7.63. The number of aromatic nitrogens is 1. The van der Waals surface area contributed by atoms with E-state index in [0.29, 0.717) is 30.9 Å². The molecule has 4 aromatic rings. The third-order valence-corrected chi connectivity index (χ3v) is 6.19. The van der Waals surface area contributed by atoms with Crippen molar-refractivity contribution in [3.8, 4) is 0 Å². The number of rotatable bonds is 9. The standard InChI is InChI=1S/C29H28F3N3/c1-22-10-5-6-13-24(22)20-33-21-35-28(27-16-7-8-17-34-27,19-23-11-3-2-4-12-23)25-14-9-15-26(18-25)29(30,31)32/h2-18,33,35H,19-21H2,1H3. The van der Waals surface area contributed by atoms with Crippen LogP contribution in [-0.2, 0) is 24.7 Å². The molecule has 0 saturated carbocycles. The van der Waals surface area contributed by atoms with Gasteiger partial charge in [0.2, 0.25) is 0 Å². The van der Waals surface area contributed by atoms with E-state index >= 15 is 0 Å². The molecule has 1 aromatic heterocycles. The zero-order chi connectivity index (χ0) is 24.7. The molecule has 0 aliphatic heterocycles. The normalized spacial score (nSPS) is 13.4. The quantitative estimate of drug-likeness (QED) is 0.223. The maximum absolute atomic E-state index is 13.7. The summed E-state index contributed by atoms with van der Waals surface area (Å²) in [6.45, 7) is 3.06. The summed E-state index contributed by atoms with van der Waals surface area (Å²) in [7, 11) is 0. The predicted octanol–water partition coefficient (Wildman–Crippen LogP) is 6.23. The van der Waals surface area contributed by atoms with Crippen LogP contribution in [0.15, 0.2) is 103 Å². The Bertz CT molecular complexity index is 1230.